The molecule has 0 aromatic carbocycles. The predicted octanol–water partition coefficient (Wildman–Crippen LogP) is 3.48. The van der Waals surface area contributed by atoms with Gasteiger partial charge in [0.05, 0.1) is 0 Å². The van der Waals surface area contributed by atoms with Crippen LogP contribution in [0.4, 0.5) is 0 Å². The fourth-order valence-electron chi connectivity index (χ4n) is 2.17. The number of allylic oxidation sites excluding steroid dienone is 4. The van der Waals surface area contributed by atoms with Crippen molar-refractivity contribution < 1.29 is 0 Å². The van der Waals surface area contributed by atoms with Crippen LogP contribution in [0.1, 0.15) is 40.0 Å². The van der Waals surface area contributed by atoms with Gasteiger partial charge >= 0.3 is 0 Å². The first-order chi connectivity index (χ1) is 6.08. The van der Waals surface area contributed by atoms with Gasteiger partial charge in [0.2, 0.25) is 0 Å². The third-order valence-electron chi connectivity index (χ3n) is 2.83. The molecule has 0 amide bonds. The van der Waals surface area contributed by atoms with Crippen LogP contribution in [0.25, 0.3) is 0 Å². The molecule has 13 heavy (non-hydrogen) atoms. The van der Waals surface area contributed by atoms with Crippen LogP contribution in [0.2, 0.25) is 0 Å². The van der Waals surface area contributed by atoms with Gasteiger partial charge in [-0.3, -0.25) is 4.99 Å². The number of hydrogen-bond acceptors (Lipinski definition) is 1. The topological polar surface area (TPSA) is 12.4 Å². The monoisotopic (exact) mass is 175 g/mol. The molecule has 1 aliphatic carbocycles. The lowest BCUT2D eigenvalue weighted by Crippen LogP contribution is -2.08. The van der Waals surface area contributed by atoms with E-state index in [1.807, 2.05) is 0 Å². The third-order valence-corrected chi connectivity index (χ3v) is 2.83. The van der Waals surface area contributed by atoms with Gasteiger partial charge in [-0.05, 0) is 37.3 Å². The van der Waals surface area contributed by atoms with E-state index in [2.05, 4.69) is 38.1 Å². The van der Waals surface area contributed by atoms with Crippen molar-refractivity contribution in [1.29, 1.82) is 0 Å². The first-order valence-corrected chi connectivity index (χ1v) is 5.05. The van der Waals surface area contributed by atoms with Gasteiger partial charge in [0.15, 0.2) is 0 Å². The van der Waals surface area contributed by atoms with Crippen LogP contribution in [-0.4, -0.2) is 6.21 Å². The summed E-state index contributed by atoms with van der Waals surface area (Å²) in [6.07, 6.45) is 8.24. The fraction of sp³-hybridized carbons (Fsp3) is 0.583. The molecule has 2 aliphatic rings. The quantitative estimate of drug-likeness (QED) is 0.534. The summed E-state index contributed by atoms with van der Waals surface area (Å²) in [4.78, 5) is 4.52. The molecule has 0 saturated heterocycles. The number of fused-ring (bicyclic) bond motifs is 1. The summed E-state index contributed by atoms with van der Waals surface area (Å²) >= 11 is 0. The van der Waals surface area contributed by atoms with E-state index >= 15 is 0 Å². The molecule has 1 nitrogen and oxygen atoms in total. The Morgan fingerprint density at radius 2 is 2.08 bits per heavy atom. The molecule has 1 heteroatoms. The third kappa shape index (κ3) is 1.60. The predicted molar refractivity (Wildman–Crippen MR) is 56.9 cm³/mol. The van der Waals surface area contributed by atoms with Crippen molar-refractivity contribution in [3.05, 3.63) is 22.9 Å². The molecule has 0 atom stereocenters. The molecule has 0 aromatic rings. The molecule has 2 rings (SSSR count). The van der Waals surface area contributed by atoms with Crippen LogP contribution in [0.15, 0.2) is 27.9 Å². The van der Waals surface area contributed by atoms with Crippen molar-refractivity contribution in [2.75, 3.05) is 0 Å². The molecule has 1 heterocycles. The minimum absolute atomic E-state index is 0.142. The Bertz CT molecular complexity index is 316. The lowest BCUT2D eigenvalue weighted by atomic mass is 9.91. The van der Waals surface area contributed by atoms with E-state index in [0.717, 1.165) is 0 Å². The summed E-state index contributed by atoms with van der Waals surface area (Å²) in [6, 6.07) is 0. The van der Waals surface area contributed by atoms with Gasteiger partial charge in [0.25, 0.3) is 0 Å². The van der Waals surface area contributed by atoms with Crippen LogP contribution in [0, 0.1) is 5.41 Å². The molecule has 0 N–H and O–H groups in total. The molecule has 1 fully saturated rings. The zero-order valence-corrected chi connectivity index (χ0v) is 8.72. The minimum Gasteiger partial charge on any atom is -0.265 e. The Kier molecular flexibility index (Phi) is 1.90. The highest BCUT2D eigenvalue weighted by Crippen LogP contribution is 2.37. The van der Waals surface area contributed by atoms with Crippen LogP contribution in [-0.2, 0) is 0 Å². The molecule has 0 bridgehead atoms. The highest BCUT2D eigenvalue weighted by Gasteiger charge is 2.22. The number of hydrogen-bond donors (Lipinski definition) is 0. The Morgan fingerprint density at radius 3 is 2.85 bits per heavy atom. The largest absolute Gasteiger partial charge is 0.265 e. The van der Waals surface area contributed by atoms with Crippen molar-refractivity contribution in [1.82, 2.24) is 0 Å². The second kappa shape index (κ2) is 2.83. The Hall–Kier alpha value is -0.850. The number of aliphatic imine (C=N–C) groups is 1. The zero-order valence-electron chi connectivity index (χ0n) is 8.72. The minimum atomic E-state index is 0.142. The second-order valence-electron chi connectivity index (χ2n) is 4.67. The van der Waals surface area contributed by atoms with Crippen LogP contribution >= 0.6 is 0 Å². The Labute approximate surface area is 80.3 Å². The summed E-state index contributed by atoms with van der Waals surface area (Å²) in [5, 5.41) is 0. The van der Waals surface area contributed by atoms with Gasteiger partial charge in [-0.15, -0.1) is 0 Å². The van der Waals surface area contributed by atoms with Gasteiger partial charge in [0.1, 0.15) is 0 Å². The molecule has 0 aromatic heterocycles. The zero-order chi connectivity index (χ0) is 9.47. The molecule has 1 saturated carbocycles. The van der Waals surface area contributed by atoms with E-state index in [-0.39, 0.29) is 5.41 Å². The number of rotatable bonds is 0. The van der Waals surface area contributed by atoms with Crippen molar-refractivity contribution in [2.45, 2.75) is 40.0 Å². The molecule has 70 valence electrons. The van der Waals surface area contributed by atoms with Gasteiger partial charge in [-0.25, -0.2) is 0 Å². The normalized spacial score (nSPS) is 25.6. The van der Waals surface area contributed by atoms with Crippen molar-refractivity contribution in [3.8, 4) is 0 Å². The van der Waals surface area contributed by atoms with Crippen LogP contribution in [0.5, 0.6) is 0 Å². The SMILES string of the molecule is CC1=C2CCCC2=CC(C)(C)C=N1. The van der Waals surface area contributed by atoms with E-state index in [1.54, 1.807) is 5.57 Å². The maximum absolute atomic E-state index is 4.52. The van der Waals surface area contributed by atoms with E-state index < -0.39 is 0 Å². The fourth-order valence-corrected chi connectivity index (χ4v) is 2.17. The molecular formula is C12H17N. The lowest BCUT2D eigenvalue weighted by Gasteiger charge is -2.13. The van der Waals surface area contributed by atoms with Gasteiger partial charge < -0.3 is 0 Å². The van der Waals surface area contributed by atoms with Gasteiger partial charge in [-0.2, -0.15) is 0 Å². The molecule has 0 radical (unpaired) electrons. The van der Waals surface area contributed by atoms with Crippen molar-refractivity contribution in [3.63, 3.8) is 0 Å². The second-order valence-corrected chi connectivity index (χ2v) is 4.67. The molecule has 0 spiro atoms. The summed E-state index contributed by atoms with van der Waals surface area (Å²) in [5.41, 5.74) is 4.42. The van der Waals surface area contributed by atoms with Crippen LogP contribution < -0.4 is 0 Å². The highest BCUT2D eigenvalue weighted by molar-refractivity contribution is 5.71. The average molecular weight is 175 g/mol. The summed E-state index contributed by atoms with van der Waals surface area (Å²) in [7, 11) is 0. The van der Waals surface area contributed by atoms with Crippen LogP contribution in [0.3, 0.4) is 0 Å². The number of nitrogens with zero attached hydrogens (tertiary/aromatic N) is 1. The maximum atomic E-state index is 4.52. The summed E-state index contributed by atoms with van der Waals surface area (Å²) in [5.74, 6) is 0. The van der Waals surface area contributed by atoms with E-state index in [0.29, 0.717) is 0 Å². The maximum Gasteiger partial charge on any atom is 0.0403 e. The Balaban J connectivity index is 2.49. The van der Waals surface area contributed by atoms with E-state index in [4.69, 9.17) is 0 Å². The standard InChI is InChI=1S/C12H17N/c1-9-11-6-4-5-10(11)7-12(2,3)8-13-9/h7-8H,4-6H2,1-3H3. The Morgan fingerprint density at radius 1 is 1.31 bits per heavy atom. The average Bonchev–Trinajstić information content (AvgIpc) is 2.44. The smallest absolute Gasteiger partial charge is 0.0403 e. The summed E-state index contributed by atoms with van der Waals surface area (Å²) < 4.78 is 0. The molecule has 1 aliphatic heterocycles. The first-order valence-electron chi connectivity index (χ1n) is 5.05. The first kappa shape index (κ1) is 8.74. The van der Waals surface area contributed by atoms with E-state index in [1.165, 1.54) is 30.5 Å². The summed E-state index contributed by atoms with van der Waals surface area (Å²) in [6.45, 7) is 6.57. The lowest BCUT2D eigenvalue weighted by molar-refractivity contribution is 0.687. The van der Waals surface area contributed by atoms with E-state index in [9.17, 15) is 0 Å². The van der Waals surface area contributed by atoms with Crippen molar-refractivity contribution in [2.24, 2.45) is 10.4 Å². The van der Waals surface area contributed by atoms with Gasteiger partial charge in [0, 0.05) is 17.3 Å². The van der Waals surface area contributed by atoms with Crippen molar-refractivity contribution >= 4 is 6.21 Å². The molecule has 0 unspecified atom stereocenters. The highest BCUT2D eigenvalue weighted by atomic mass is 14.7. The van der Waals surface area contributed by atoms with Gasteiger partial charge in [-0.1, -0.05) is 19.9 Å². The molecular weight excluding hydrogens is 158 g/mol.